The summed E-state index contributed by atoms with van der Waals surface area (Å²) in [4.78, 5) is 9.20. The summed E-state index contributed by atoms with van der Waals surface area (Å²) in [6, 6.07) is 0. The average Bonchev–Trinajstić information content (AvgIpc) is 3.08. The molecule has 1 aromatic rings. The zero-order chi connectivity index (χ0) is 13.7. The molecule has 20 heavy (non-hydrogen) atoms. The fraction of sp³-hybridized carbons (Fsp3) is 0.714. The summed E-state index contributed by atoms with van der Waals surface area (Å²) < 4.78 is 0. The molecule has 4 nitrogen and oxygen atoms in total. The Balaban J connectivity index is 0.00000200. The Hall–Kier alpha value is -0.370. The highest BCUT2D eigenvalue weighted by Crippen LogP contribution is 2.27. The van der Waals surface area contributed by atoms with Gasteiger partial charge in [-0.15, -0.1) is 35.3 Å². The van der Waals surface area contributed by atoms with E-state index < -0.39 is 0 Å². The standard InChI is InChI=1S/C14H24N4S.HI/c1-4-15-14(16-7-11-5-6-11)17-8-13-18-12(9-19-13)10(2)3;/h9-11H,4-8H2,1-3H3,(H2,15,16,17);1H. The molecule has 0 unspecified atom stereocenters. The van der Waals surface area contributed by atoms with Gasteiger partial charge in [-0.3, -0.25) is 0 Å². The van der Waals surface area contributed by atoms with E-state index in [1.54, 1.807) is 11.3 Å². The van der Waals surface area contributed by atoms with E-state index in [0.29, 0.717) is 12.5 Å². The molecule has 0 radical (unpaired) electrons. The van der Waals surface area contributed by atoms with Crippen molar-refractivity contribution < 1.29 is 0 Å². The van der Waals surface area contributed by atoms with Crippen LogP contribution >= 0.6 is 35.3 Å². The number of hydrogen-bond donors (Lipinski definition) is 2. The smallest absolute Gasteiger partial charge is 0.191 e. The van der Waals surface area contributed by atoms with E-state index in [9.17, 15) is 0 Å². The minimum absolute atomic E-state index is 0. The third-order valence-electron chi connectivity index (χ3n) is 3.13. The highest BCUT2D eigenvalue weighted by atomic mass is 127. The predicted molar refractivity (Wildman–Crippen MR) is 97.2 cm³/mol. The van der Waals surface area contributed by atoms with Gasteiger partial charge in [0.15, 0.2) is 5.96 Å². The lowest BCUT2D eigenvalue weighted by Gasteiger charge is -2.10. The number of hydrogen-bond acceptors (Lipinski definition) is 3. The van der Waals surface area contributed by atoms with Gasteiger partial charge >= 0.3 is 0 Å². The summed E-state index contributed by atoms with van der Waals surface area (Å²) in [5.41, 5.74) is 1.17. The van der Waals surface area contributed by atoms with Crippen LogP contribution in [0.3, 0.4) is 0 Å². The summed E-state index contributed by atoms with van der Waals surface area (Å²) in [5.74, 6) is 2.27. The number of guanidine groups is 1. The van der Waals surface area contributed by atoms with Crippen molar-refractivity contribution in [2.24, 2.45) is 10.9 Å². The number of nitrogens with one attached hydrogen (secondary N) is 2. The van der Waals surface area contributed by atoms with Gasteiger partial charge in [-0.05, 0) is 31.6 Å². The summed E-state index contributed by atoms with van der Waals surface area (Å²) in [6.07, 6.45) is 2.72. The van der Waals surface area contributed by atoms with E-state index in [1.807, 2.05) is 0 Å². The molecule has 6 heteroatoms. The molecule has 0 atom stereocenters. The molecule has 0 saturated heterocycles. The van der Waals surface area contributed by atoms with Crippen molar-refractivity contribution in [2.75, 3.05) is 13.1 Å². The molecule has 2 N–H and O–H groups in total. The molecule has 1 aromatic heterocycles. The van der Waals surface area contributed by atoms with Gasteiger partial charge in [0.05, 0.1) is 12.2 Å². The molecule has 1 saturated carbocycles. The van der Waals surface area contributed by atoms with E-state index in [4.69, 9.17) is 0 Å². The Morgan fingerprint density at radius 1 is 1.45 bits per heavy atom. The third kappa shape index (κ3) is 5.95. The highest BCUT2D eigenvalue weighted by Gasteiger charge is 2.21. The molecule has 0 amide bonds. The van der Waals surface area contributed by atoms with Gasteiger partial charge < -0.3 is 10.6 Å². The Labute approximate surface area is 142 Å². The second kappa shape index (κ2) is 8.81. The van der Waals surface area contributed by atoms with Gasteiger partial charge in [-0.2, -0.15) is 0 Å². The van der Waals surface area contributed by atoms with Crippen LogP contribution in [0.5, 0.6) is 0 Å². The lowest BCUT2D eigenvalue weighted by molar-refractivity contribution is 0.738. The average molecular weight is 408 g/mol. The molecular weight excluding hydrogens is 383 g/mol. The first-order chi connectivity index (χ1) is 9.19. The minimum atomic E-state index is 0. The number of thiazole rings is 1. The number of halogens is 1. The first-order valence-corrected chi connectivity index (χ1v) is 8.03. The van der Waals surface area contributed by atoms with Crippen LogP contribution in [0.15, 0.2) is 10.4 Å². The molecule has 0 spiro atoms. The number of rotatable bonds is 6. The van der Waals surface area contributed by atoms with Gasteiger partial charge in [-0.1, -0.05) is 13.8 Å². The maximum absolute atomic E-state index is 4.61. The quantitative estimate of drug-likeness (QED) is 0.431. The Morgan fingerprint density at radius 3 is 2.75 bits per heavy atom. The summed E-state index contributed by atoms with van der Waals surface area (Å²) in [7, 11) is 0. The van der Waals surface area contributed by atoms with Crippen LogP contribution in [0.1, 0.15) is 50.2 Å². The number of aromatic nitrogens is 1. The summed E-state index contributed by atoms with van der Waals surface area (Å²) >= 11 is 1.70. The fourth-order valence-electron chi connectivity index (χ4n) is 1.71. The zero-order valence-corrected chi connectivity index (χ0v) is 15.6. The molecule has 1 aliphatic rings. The van der Waals surface area contributed by atoms with Crippen LogP contribution in [0.25, 0.3) is 0 Å². The first-order valence-electron chi connectivity index (χ1n) is 7.15. The second-order valence-electron chi connectivity index (χ2n) is 5.34. The van der Waals surface area contributed by atoms with Gasteiger partial charge in [0, 0.05) is 18.5 Å². The van der Waals surface area contributed by atoms with Crippen molar-refractivity contribution in [3.63, 3.8) is 0 Å². The van der Waals surface area contributed by atoms with Crippen LogP contribution in [-0.2, 0) is 6.54 Å². The zero-order valence-electron chi connectivity index (χ0n) is 12.5. The van der Waals surface area contributed by atoms with Crippen molar-refractivity contribution in [3.8, 4) is 0 Å². The molecule has 1 heterocycles. The first kappa shape index (κ1) is 17.7. The van der Waals surface area contributed by atoms with Gasteiger partial charge in [0.2, 0.25) is 0 Å². The Bertz CT molecular complexity index is 427. The maximum atomic E-state index is 4.61. The second-order valence-corrected chi connectivity index (χ2v) is 6.28. The van der Waals surface area contributed by atoms with Crippen molar-refractivity contribution in [2.45, 2.75) is 46.1 Å². The largest absolute Gasteiger partial charge is 0.357 e. The maximum Gasteiger partial charge on any atom is 0.191 e. The van der Waals surface area contributed by atoms with Crippen LogP contribution in [0, 0.1) is 5.92 Å². The summed E-state index contributed by atoms with van der Waals surface area (Å²) in [6.45, 7) is 9.03. The highest BCUT2D eigenvalue weighted by molar-refractivity contribution is 14.0. The van der Waals surface area contributed by atoms with Gasteiger partial charge in [0.1, 0.15) is 5.01 Å². The molecule has 0 bridgehead atoms. The van der Waals surface area contributed by atoms with E-state index in [1.165, 1.54) is 18.5 Å². The van der Waals surface area contributed by atoms with Crippen molar-refractivity contribution in [3.05, 3.63) is 16.1 Å². The van der Waals surface area contributed by atoms with E-state index in [2.05, 4.69) is 46.8 Å². The monoisotopic (exact) mass is 408 g/mol. The fourth-order valence-corrected chi connectivity index (χ4v) is 2.59. The lowest BCUT2D eigenvalue weighted by Crippen LogP contribution is -2.38. The van der Waals surface area contributed by atoms with E-state index in [-0.39, 0.29) is 24.0 Å². The third-order valence-corrected chi connectivity index (χ3v) is 3.98. The molecule has 2 rings (SSSR count). The molecule has 1 fully saturated rings. The van der Waals surface area contributed by atoms with Gasteiger partial charge in [0.25, 0.3) is 0 Å². The molecule has 1 aliphatic carbocycles. The molecule has 0 aliphatic heterocycles. The Morgan fingerprint density at radius 2 is 2.20 bits per heavy atom. The van der Waals surface area contributed by atoms with Gasteiger partial charge in [-0.25, -0.2) is 9.98 Å². The van der Waals surface area contributed by atoms with E-state index in [0.717, 1.165) is 30.0 Å². The molecule has 0 aromatic carbocycles. The van der Waals surface area contributed by atoms with Crippen LogP contribution in [0.2, 0.25) is 0 Å². The SMILES string of the molecule is CCNC(=NCc1nc(C(C)C)cs1)NCC1CC1.I. The topological polar surface area (TPSA) is 49.3 Å². The van der Waals surface area contributed by atoms with E-state index >= 15 is 0 Å². The molecule has 114 valence electrons. The molecular formula is C14H25IN4S. The lowest BCUT2D eigenvalue weighted by atomic mass is 10.2. The predicted octanol–water partition coefficient (Wildman–Crippen LogP) is 3.35. The number of aliphatic imine (C=N–C) groups is 1. The van der Waals surface area contributed by atoms with Crippen LogP contribution in [-0.4, -0.2) is 24.0 Å². The minimum Gasteiger partial charge on any atom is -0.357 e. The van der Waals surface area contributed by atoms with Crippen LogP contribution in [0.4, 0.5) is 0 Å². The number of nitrogens with zero attached hydrogens (tertiary/aromatic N) is 2. The normalized spacial score (nSPS) is 15.1. The van der Waals surface area contributed by atoms with Crippen molar-refractivity contribution in [1.29, 1.82) is 0 Å². The van der Waals surface area contributed by atoms with Crippen molar-refractivity contribution in [1.82, 2.24) is 15.6 Å². The Kier molecular flexibility index (Phi) is 7.79. The van der Waals surface area contributed by atoms with Crippen molar-refractivity contribution >= 4 is 41.3 Å². The summed E-state index contributed by atoms with van der Waals surface area (Å²) in [5, 5.41) is 9.91. The van der Waals surface area contributed by atoms with Crippen LogP contribution < -0.4 is 10.6 Å².